The number of para-hydroxylation sites is 1. The third kappa shape index (κ3) is 3.50. The number of H-pyrrole nitrogens is 1. The predicted molar refractivity (Wildman–Crippen MR) is 118 cm³/mol. The molecule has 1 aliphatic heterocycles. The van der Waals surface area contributed by atoms with Crippen LogP contribution >= 0.6 is 0 Å². The average Bonchev–Trinajstić information content (AvgIpc) is 3.26. The van der Waals surface area contributed by atoms with Crippen molar-refractivity contribution < 1.29 is 17.9 Å². The van der Waals surface area contributed by atoms with Gasteiger partial charge in [0.05, 0.1) is 18.0 Å². The first-order chi connectivity index (χ1) is 14.5. The van der Waals surface area contributed by atoms with Crippen molar-refractivity contribution in [3.63, 3.8) is 0 Å². The van der Waals surface area contributed by atoms with E-state index < -0.39 is 15.9 Å². The summed E-state index contributed by atoms with van der Waals surface area (Å²) < 4.78 is 29.4. The monoisotopic (exact) mass is 439 g/mol. The summed E-state index contributed by atoms with van der Waals surface area (Å²) in [5.74, 6) is 0.414. The Kier molecular flexibility index (Phi) is 4.93. The topological polar surface area (TPSA) is 92.4 Å². The van der Waals surface area contributed by atoms with Gasteiger partial charge in [-0.1, -0.05) is 39.0 Å². The van der Waals surface area contributed by atoms with Crippen LogP contribution < -0.4 is 9.64 Å². The van der Waals surface area contributed by atoms with Crippen LogP contribution in [-0.2, 0) is 15.3 Å². The second kappa shape index (κ2) is 7.23. The fraction of sp³-hybridized carbons (Fsp3) is 0.304. The second-order valence-corrected chi connectivity index (χ2v) is 10.7. The normalized spacial score (nSPS) is 16.5. The molecule has 31 heavy (non-hydrogen) atoms. The van der Waals surface area contributed by atoms with Gasteiger partial charge in [0.15, 0.2) is 15.5 Å². The highest BCUT2D eigenvalue weighted by atomic mass is 32.2. The number of methoxy groups -OCH3 is 1. The number of fused-ring (bicyclic) bond motifs is 1. The lowest BCUT2D eigenvalue weighted by molar-refractivity contribution is 0.0988. The maximum atomic E-state index is 13.5. The molecule has 3 aromatic rings. The van der Waals surface area contributed by atoms with Gasteiger partial charge in [0.2, 0.25) is 0 Å². The molecular formula is C23H25N3O4S. The number of rotatable bonds is 4. The molecule has 2 aromatic carbocycles. The smallest absolute Gasteiger partial charge is 0.280 e. The number of nitrogens with one attached hydrogen (secondary N) is 1. The molecular weight excluding hydrogens is 414 g/mol. The molecule has 1 atom stereocenters. The molecule has 0 bridgehead atoms. The molecule has 1 amide bonds. The Morgan fingerprint density at radius 2 is 1.71 bits per heavy atom. The molecule has 7 nitrogen and oxygen atoms in total. The van der Waals surface area contributed by atoms with Crippen LogP contribution in [0.4, 0.5) is 5.69 Å². The molecule has 0 fully saturated rings. The molecule has 0 unspecified atom stereocenters. The summed E-state index contributed by atoms with van der Waals surface area (Å²) in [4.78, 5) is 15.3. The Morgan fingerprint density at radius 1 is 1.06 bits per heavy atom. The average molecular weight is 440 g/mol. The van der Waals surface area contributed by atoms with Gasteiger partial charge in [0.25, 0.3) is 5.91 Å². The standard InChI is InChI=1S/C23H25N3O4S/c1-23(2,3)21-18-19(24-25-21)22(27)26(14-10-12-15(13-11-14)31(5,28)29)20(18)16-8-6-7-9-17(16)30-4/h6-13,20H,1-5H3,(H,24,25)/t20-/m1/s1. The molecule has 0 spiro atoms. The number of carbonyl (C=O) groups excluding carboxylic acids is 1. The van der Waals surface area contributed by atoms with Gasteiger partial charge in [0, 0.05) is 34.2 Å². The molecule has 0 radical (unpaired) electrons. The van der Waals surface area contributed by atoms with E-state index in [1.165, 1.54) is 12.1 Å². The molecule has 0 saturated heterocycles. The van der Waals surface area contributed by atoms with E-state index in [9.17, 15) is 13.2 Å². The maximum Gasteiger partial charge on any atom is 0.280 e. The first kappa shape index (κ1) is 21.1. The summed E-state index contributed by atoms with van der Waals surface area (Å²) >= 11 is 0. The highest BCUT2D eigenvalue weighted by Gasteiger charge is 2.45. The zero-order valence-corrected chi connectivity index (χ0v) is 18.9. The number of hydrogen-bond donors (Lipinski definition) is 1. The predicted octanol–water partition coefficient (Wildman–Crippen LogP) is 3.87. The molecule has 1 N–H and O–H groups in total. The molecule has 0 aliphatic carbocycles. The molecule has 0 saturated carbocycles. The van der Waals surface area contributed by atoms with E-state index in [1.807, 2.05) is 24.3 Å². The Balaban J connectivity index is 1.94. The second-order valence-electron chi connectivity index (χ2n) is 8.70. The highest BCUT2D eigenvalue weighted by Crippen LogP contribution is 2.47. The molecule has 4 rings (SSSR count). The van der Waals surface area contributed by atoms with Crippen molar-refractivity contribution in [1.82, 2.24) is 10.2 Å². The summed E-state index contributed by atoms with van der Waals surface area (Å²) in [5.41, 5.74) is 3.21. The number of amides is 1. The van der Waals surface area contributed by atoms with Crippen molar-refractivity contribution in [3.8, 4) is 5.75 Å². The quantitative estimate of drug-likeness (QED) is 0.666. The minimum atomic E-state index is -3.34. The maximum absolute atomic E-state index is 13.5. The number of benzene rings is 2. The van der Waals surface area contributed by atoms with E-state index in [-0.39, 0.29) is 16.2 Å². The SMILES string of the molecule is COc1ccccc1[C@@H]1c2c(n[nH]c2C(C)(C)C)C(=O)N1c1ccc(S(C)(=O)=O)cc1. The van der Waals surface area contributed by atoms with Gasteiger partial charge in [-0.25, -0.2) is 8.42 Å². The van der Waals surface area contributed by atoms with Gasteiger partial charge in [-0.15, -0.1) is 0 Å². The van der Waals surface area contributed by atoms with Gasteiger partial charge in [0.1, 0.15) is 5.75 Å². The summed E-state index contributed by atoms with van der Waals surface area (Å²) in [7, 11) is -1.74. The van der Waals surface area contributed by atoms with Crippen LogP contribution in [0.15, 0.2) is 53.4 Å². The minimum Gasteiger partial charge on any atom is -0.496 e. The van der Waals surface area contributed by atoms with Gasteiger partial charge < -0.3 is 4.74 Å². The van der Waals surface area contributed by atoms with E-state index in [2.05, 4.69) is 31.0 Å². The van der Waals surface area contributed by atoms with Gasteiger partial charge in [-0.2, -0.15) is 5.10 Å². The molecule has 2 heterocycles. The van der Waals surface area contributed by atoms with Crippen molar-refractivity contribution in [1.29, 1.82) is 0 Å². The first-order valence-electron chi connectivity index (χ1n) is 9.89. The van der Waals surface area contributed by atoms with Crippen LogP contribution in [0, 0.1) is 0 Å². The lowest BCUT2D eigenvalue weighted by atomic mass is 9.85. The van der Waals surface area contributed by atoms with Crippen LogP contribution in [0.2, 0.25) is 0 Å². The van der Waals surface area contributed by atoms with Crippen molar-refractivity contribution in [2.24, 2.45) is 0 Å². The first-order valence-corrected chi connectivity index (χ1v) is 11.8. The number of hydrogen-bond acceptors (Lipinski definition) is 5. The van der Waals surface area contributed by atoms with E-state index in [0.29, 0.717) is 17.1 Å². The van der Waals surface area contributed by atoms with E-state index in [1.54, 1.807) is 24.1 Å². The fourth-order valence-electron chi connectivity index (χ4n) is 4.02. The Morgan fingerprint density at radius 3 is 2.29 bits per heavy atom. The van der Waals surface area contributed by atoms with Gasteiger partial charge in [-0.3, -0.25) is 14.8 Å². The van der Waals surface area contributed by atoms with Crippen LogP contribution in [0.25, 0.3) is 0 Å². The van der Waals surface area contributed by atoms with Gasteiger partial charge in [-0.05, 0) is 30.3 Å². The number of ether oxygens (including phenoxy) is 1. The number of anilines is 1. The van der Waals surface area contributed by atoms with E-state index >= 15 is 0 Å². The zero-order chi connectivity index (χ0) is 22.6. The van der Waals surface area contributed by atoms with Crippen molar-refractivity contribution >= 4 is 21.4 Å². The highest BCUT2D eigenvalue weighted by molar-refractivity contribution is 7.90. The van der Waals surface area contributed by atoms with E-state index in [0.717, 1.165) is 23.1 Å². The molecule has 8 heteroatoms. The summed E-state index contributed by atoms with van der Waals surface area (Å²) in [5, 5.41) is 7.42. The largest absolute Gasteiger partial charge is 0.496 e. The number of aromatic nitrogens is 2. The van der Waals surface area contributed by atoms with Gasteiger partial charge >= 0.3 is 0 Å². The third-order valence-corrected chi connectivity index (χ3v) is 6.61. The third-order valence-electron chi connectivity index (χ3n) is 5.48. The summed E-state index contributed by atoms with van der Waals surface area (Å²) in [6.07, 6.45) is 1.16. The number of carbonyl (C=O) groups is 1. The summed E-state index contributed by atoms with van der Waals surface area (Å²) in [6, 6.07) is 13.5. The van der Waals surface area contributed by atoms with Crippen LogP contribution in [-0.4, -0.2) is 37.9 Å². The Bertz CT molecular complexity index is 1250. The molecule has 162 valence electrons. The van der Waals surface area contributed by atoms with Crippen LogP contribution in [0.5, 0.6) is 5.75 Å². The van der Waals surface area contributed by atoms with Crippen molar-refractivity contribution in [2.45, 2.75) is 37.1 Å². The number of aromatic amines is 1. The molecule has 1 aromatic heterocycles. The van der Waals surface area contributed by atoms with Crippen LogP contribution in [0.3, 0.4) is 0 Å². The molecule has 1 aliphatic rings. The van der Waals surface area contributed by atoms with Crippen molar-refractivity contribution in [3.05, 3.63) is 71.0 Å². The summed E-state index contributed by atoms with van der Waals surface area (Å²) in [6.45, 7) is 6.19. The number of sulfone groups is 1. The van der Waals surface area contributed by atoms with Crippen LogP contribution in [0.1, 0.15) is 54.1 Å². The lowest BCUT2D eigenvalue weighted by Gasteiger charge is -2.29. The fourth-order valence-corrected chi connectivity index (χ4v) is 4.65. The van der Waals surface area contributed by atoms with Crippen molar-refractivity contribution in [2.75, 3.05) is 18.3 Å². The Hall–Kier alpha value is -3.13. The minimum absolute atomic E-state index is 0.200. The number of nitrogens with zero attached hydrogens (tertiary/aromatic N) is 2. The zero-order valence-electron chi connectivity index (χ0n) is 18.1. The lowest BCUT2D eigenvalue weighted by Crippen LogP contribution is -2.30. The van der Waals surface area contributed by atoms with E-state index in [4.69, 9.17) is 4.74 Å². The Labute approximate surface area is 182 Å².